The van der Waals surface area contributed by atoms with E-state index < -0.39 is 0 Å². The number of hydrogen-bond acceptors (Lipinski definition) is 3. The van der Waals surface area contributed by atoms with Crippen molar-refractivity contribution in [2.45, 2.75) is 59.4 Å². The maximum absolute atomic E-state index is 6.00. The minimum atomic E-state index is 0.456. The van der Waals surface area contributed by atoms with Crippen molar-refractivity contribution in [3.05, 3.63) is 17.6 Å². The summed E-state index contributed by atoms with van der Waals surface area (Å²) < 4.78 is 2.32. The van der Waals surface area contributed by atoms with Gasteiger partial charge in [0.15, 0.2) is 0 Å². The Morgan fingerprint density at radius 3 is 2.68 bits per heavy atom. The largest absolute Gasteiger partial charge is 0.383 e. The maximum atomic E-state index is 6.00. The zero-order chi connectivity index (χ0) is 14.0. The van der Waals surface area contributed by atoms with Crippen molar-refractivity contribution < 1.29 is 0 Å². The van der Waals surface area contributed by atoms with E-state index >= 15 is 0 Å². The van der Waals surface area contributed by atoms with Crippen LogP contribution in [0.25, 0.3) is 11.0 Å². The molecule has 4 nitrogen and oxygen atoms in total. The first-order valence-electron chi connectivity index (χ1n) is 7.15. The molecular weight excluding hydrogens is 236 g/mol. The second kappa shape index (κ2) is 5.59. The van der Waals surface area contributed by atoms with E-state index in [1.54, 1.807) is 6.33 Å². The third-order valence-electron chi connectivity index (χ3n) is 4.03. The topological polar surface area (TPSA) is 56.7 Å². The fourth-order valence-electron chi connectivity index (χ4n) is 2.81. The van der Waals surface area contributed by atoms with Crippen LogP contribution in [0.5, 0.6) is 0 Å². The lowest BCUT2D eigenvalue weighted by molar-refractivity contribution is 0.479. The Morgan fingerprint density at radius 1 is 1.26 bits per heavy atom. The summed E-state index contributed by atoms with van der Waals surface area (Å²) in [6, 6.07) is 0.456. The van der Waals surface area contributed by atoms with Gasteiger partial charge in [0.2, 0.25) is 0 Å². The van der Waals surface area contributed by atoms with E-state index in [1.165, 1.54) is 36.9 Å². The molecule has 0 aliphatic rings. The van der Waals surface area contributed by atoms with E-state index in [0.29, 0.717) is 11.9 Å². The van der Waals surface area contributed by atoms with E-state index in [9.17, 15) is 0 Å². The Labute approximate surface area is 115 Å². The van der Waals surface area contributed by atoms with Crippen LogP contribution in [0.2, 0.25) is 0 Å². The SMILES string of the molecule is CCCCCC(C)n1c(C)c(C)c2c(N)ncnc21. The van der Waals surface area contributed by atoms with Crippen LogP contribution in [0.15, 0.2) is 6.33 Å². The van der Waals surface area contributed by atoms with Gasteiger partial charge in [0.25, 0.3) is 0 Å². The van der Waals surface area contributed by atoms with E-state index in [2.05, 4.69) is 42.2 Å². The van der Waals surface area contributed by atoms with Gasteiger partial charge in [0.05, 0.1) is 5.39 Å². The van der Waals surface area contributed by atoms with Gasteiger partial charge in [0.1, 0.15) is 17.8 Å². The standard InChI is InChI=1S/C15H24N4/c1-5-6-7-8-10(2)19-12(4)11(3)13-14(16)17-9-18-15(13)19/h9-10H,5-8H2,1-4H3,(H2,16,17,18). The molecular formula is C15H24N4. The molecule has 0 fully saturated rings. The van der Waals surface area contributed by atoms with Crippen molar-refractivity contribution in [2.24, 2.45) is 0 Å². The highest BCUT2D eigenvalue weighted by Crippen LogP contribution is 2.31. The first-order valence-corrected chi connectivity index (χ1v) is 7.15. The molecule has 0 bridgehead atoms. The molecule has 0 amide bonds. The van der Waals surface area contributed by atoms with Crippen molar-refractivity contribution in [3.8, 4) is 0 Å². The predicted molar refractivity (Wildman–Crippen MR) is 80.3 cm³/mol. The van der Waals surface area contributed by atoms with E-state index in [0.717, 1.165) is 11.0 Å². The summed E-state index contributed by atoms with van der Waals surface area (Å²) in [7, 11) is 0. The number of aromatic nitrogens is 3. The van der Waals surface area contributed by atoms with Gasteiger partial charge >= 0.3 is 0 Å². The van der Waals surface area contributed by atoms with Crippen LogP contribution in [0.1, 0.15) is 56.8 Å². The van der Waals surface area contributed by atoms with E-state index in [1.807, 2.05) is 0 Å². The summed E-state index contributed by atoms with van der Waals surface area (Å²) in [6.45, 7) is 8.75. The zero-order valence-corrected chi connectivity index (χ0v) is 12.4. The van der Waals surface area contributed by atoms with Gasteiger partial charge in [-0.1, -0.05) is 26.2 Å². The Hall–Kier alpha value is -1.58. The molecule has 1 atom stereocenters. The molecule has 19 heavy (non-hydrogen) atoms. The Balaban J connectivity index is 2.43. The van der Waals surface area contributed by atoms with E-state index in [4.69, 9.17) is 5.73 Å². The van der Waals surface area contributed by atoms with Crippen LogP contribution >= 0.6 is 0 Å². The number of unbranched alkanes of at least 4 members (excludes halogenated alkanes) is 2. The van der Waals surface area contributed by atoms with Crippen LogP contribution in [0.4, 0.5) is 5.82 Å². The van der Waals surface area contributed by atoms with Gasteiger partial charge in [-0.15, -0.1) is 0 Å². The third kappa shape index (κ3) is 2.44. The van der Waals surface area contributed by atoms with Gasteiger partial charge in [-0.2, -0.15) is 0 Å². The lowest BCUT2D eigenvalue weighted by atomic mass is 10.1. The summed E-state index contributed by atoms with van der Waals surface area (Å²) >= 11 is 0. The summed E-state index contributed by atoms with van der Waals surface area (Å²) in [6.07, 6.45) is 6.55. The highest BCUT2D eigenvalue weighted by atomic mass is 15.1. The maximum Gasteiger partial charge on any atom is 0.146 e. The monoisotopic (exact) mass is 260 g/mol. The third-order valence-corrected chi connectivity index (χ3v) is 4.03. The molecule has 0 spiro atoms. The summed E-state index contributed by atoms with van der Waals surface area (Å²) in [5.41, 5.74) is 9.43. The molecule has 0 aliphatic heterocycles. The molecule has 2 aromatic rings. The van der Waals surface area contributed by atoms with Crippen molar-refractivity contribution in [1.29, 1.82) is 0 Å². The molecule has 1 unspecified atom stereocenters. The quantitative estimate of drug-likeness (QED) is 0.832. The second-order valence-corrected chi connectivity index (χ2v) is 5.38. The van der Waals surface area contributed by atoms with Crippen LogP contribution in [0.3, 0.4) is 0 Å². The molecule has 2 N–H and O–H groups in total. The Morgan fingerprint density at radius 2 is 2.00 bits per heavy atom. The molecule has 0 saturated heterocycles. The van der Waals surface area contributed by atoms with Gasteiger partial charge in [-0.25, -0.2) is 9.97 Å². The Kier molecular flexibility index (Phi) is 4.08. The minimum absolute atomic E-state index is 0.456. The summed E-state index contributed by atoms with van der Waals surface area (Å²) in [5.74, 6) is 0.588. The number of nitrogens with two attached hydrogens (primary N) is 1. The smallest absolute Gasteiger partial charge is 0.146 e. The second-order valence-electron chi connectivity index (χ2n) is 5.38. The number of rotatable bonds is 5. The fraction of sp³-hybridized carbons (Fsp3) is 0.600. The van der Waals surface area contributed by atoms with Crippen molar-refractivity contribution in [3.63, 3.8) is 0 Å². The number of nitrogen functional groups attached to an aromatic ring is 1. The van der Waals surface area contributed by atoms with Gasteiger partial charge in [0, 0.05) is 11.7 Å². The molecule has 4 heteroatoms. The average Bonchev–Trinajstić information content (AvgIpc) is 2.63. The minimum Gasteiger partial charge on any atom is -0.383 e. The number of hydrogen-bond donors (Lipinski definition) is 1. The first-order chi connectivity index (χ1) is 9.07. The van der Waals surface area contributed by atoms with Gasteiger partial charge in [-0.3, -0.25) is 0 Å². The average molecular weight is 260 g/mol. The van der Waals surface area contributed by atoms with Crippen LogP contribution in [-0.2, 0) is 0 Å². The van der Waals surface area contributed by atoms with Crippen LogP contribution < -0.4 is 5.73 Å². The van der Waals surface area contributed by atoms with Crippen molar-refractivity contribution in [2.75, 3.05) is 5.73 Å². The molecule has 0 saturated carbocycles. The molecule has 0 aromatic carbocycles. The predicted octanol–water partition coefficient (Wildman–Crippen LogP) is 3.77. The molecule has 2 aromatic heterocycles. The molecule has 2 rings (SSSR count). The number of aryl methyl sites for hydroxylation is 1. The zero-order valence-electron chi connectivity index (χ0n) is 12.4. The highest BCUT2D eigenvalue weighted by Gasteiger charge is 2.18. The van der Waals surface area contributed by atoms with E-state index in [-0.39, 0.29) is 0 Å². The van der Waals surface area contributed by atoms with Gasteiger partial charge < -0.3 is 10.3 Å². The summed E-state index contributed by atoms with van der Waals surface area (Å²) in [5, 5.41) is 1.02. The normalized spacial score (nSPS) is 13.1. The van der Waals surface area contributed by atoms with Gasteiger partial charge in [-0.05, 0) is 32.8 Å². The fourth-order valence-corrected chi connectivity index (χ4v) is 2.81. The number of fused-ring (bicyclic) bond motifs is 1. The molecule has 104 valence electrons. The highest BCUT2D eigenvalue weighted by molar-refractivity contribution is 5.90. The lowest BCUT2D eigenvalue weighted by Gasteiger charge is -2.17. The van der Waals surface area contributed by atoms with Crippen molar-refractivity contribution in [1.82, 2.24) is 14.5 Å². The number of anilines is 1. The molecule has 0 radical (unpaired) electrons. The first kappa shape index (κ1) is 13.8. The molecule has 2 heterocycles. The lowest BCUT2D eigenvalue weighted by Crippen LogP contribution is -2.08. The van der Waals surface area contributed by atoms with Crippen molar-refractivity contribution >= 4 is 16.9 Å². The van der Waals surface area contributed by atoms with Crippen LogP contribution in [-0.4, -0.2) is 14.5 Å². The van der Waals surface area contributed by atoms with Crippen LogP contribution in [0, 0.1) is 13.8 Å². The Bertz CT molecular complexity index is 571. The molecule has 0 aliphatic carbocycles. The number of nitrogens with zero attached hydrogens (tertiary/aromatic N) is 3. The summed E-state index contributed by atoms with van der Waals surface area (Å²) in [4.78, 5) is 8.56.